The highest BCUT2D eigenvalue weighted by atomic mass is 35.5. The van der Waals surface area contributed by atoms with Crippen LogP contribution in [0.25, 0.3) is 38.4 Å². The zero-order valence-corrected chi connectivity index (χ0v) is 19.5. The van der Waals surface area contributed by atoms with E-state index in [4.69, 9.17) is 20.8 Å². The summed E-state index contributed by atoms with van der Waals surface area (Å²) in [5.74, 6) is 0.388. The number of hydrogen-bond donors (Lipinski definition) is 1. The molecule has 0 radical (unpaired) electrons. The molecule has 5 rings (SSSR count). The lowest BCUT2D eigenvalue weighted by Gasteiger charge is -2.11. The Morgan fingerprint density at radius 1 is 0.941 bits per heavy atom. The Morgan fingerprint density at radius 2 is 1.74 bits per heavy atom. The summed E-state index contributed by atoms with van der Waals surface area (Å²) in [6.45, 7) is 1.89. The lowest BCUT2D eigenvalue weighted by molar-refractivity contribution is -0.111. The van der Waals surface area contributed by atoms with Gasteiger partial charge in [-0.3, -0.25) is 4.79 Å². The topological polar surface area (TPSA) is 51.5 Å². The van der Waals surface area contributed by atoms with Crippen molar-refractivity contribution in [1.29, 1.82) is 0 Å². The van der Waals surface area contributed by atoms with E-state index in [-0.39, 0.29) is 5.91 Å². The van der Waals surface area contributed by atoms with Gasteiger partial charge >= 0.3 is 0 Å². The van der Waals surface area contributed by atoms with Gasteiger partial charge in [-0.05, 0) is 53.1 Å². The number of benzene rings is 4. The summed E-state index contributed by atoms with van der Waals surface area (Å²) < 4.78 is 11.5. The molecular weight excluding hydrogens is 446 g/mol. The van der Waals surface area contributed by atoms with Crippen LogP contribution in [0.3, 0.4) is 0 Å². The fraction of sp³-hybridized carbons (Fsp3) is 0.0690. The summed E-state index contributed by atoms with van der Waals surface area (Å²) in [6, 6.07) is 25.5. The number of carbonyl (C=O) groups excluding carboxylic acids is 1. The van der Waals surface area contributed by atoms with E-state index in [1.54, 1.807) is 43.7 Å². The molecule has 5 heteroatoms. The second-order valence-electron chi connectivity index (χ2n) is 8.05. The summed E-state index contributed by atoms with van der Waals surface area (Å²) in [7, 11) is 1.61. The van der Waals surface area contributed by atoms with Crippen LogP contribution in [0, 0.1) is 0 Å². The number of ether oxygens (including phenoxy) is 1. The van der Waals surface area contributed by atoms with Crippen molar-refractivity contribution in [2.24, 2.45) is 0 Å². The molecule has 168 valence electrons. The monoisotopic (exact) mass is 467 g/mol. The molecule has 0 aliphatic heterocycles. The van der Waals surface area contributed by atoms with E-state index in [9.17, 15) is 4.79 Å². The van der Waals surface area contributed by atoms with E-state index < -0.39 is 0 Å². The number of amides is 1. The summed E-state index contributed by atoms with van der Waals surface area (Å²) in [5.41, 5.74) is 5.03. The number of methoxy groups -OCH3 is 1. The van der Waals surface area contributed by atoms with E-state index in [0.717, 1.165) is 44.0 Å². The predicted octanol–water partition coefficient (Wildman–Crippen LogP) is 7.96. The van der Waals surface area contributed by atoms with Crippen LogP contribution < -0.4 is 10.1 Å². The Balaban J connectivity index is 1.57. The highest BCUT2D eigenvalue weighted by molar-refractivity contribution is 6.31. The average Bonchev–Trinajstić information content (AvgIpc) is 3.25. The smallest absolute Gasteiger partial charge is 0.248 e. The third-order valence-corrected chi connectivity index (χ3v) is 6.08. The lowest BCUT2D eigenvalue weighted by atomic mass is 9.96. The van der Waals surface area contributed by atoms with Gasteiger partial charge in [0.2, 0.25) is 5.91 Å². The van der Waals surface area contributed by atoms with Gasteiger partial charge in [-0.25, -0.2) is 0 Å². The molecule has 34 heavy (non-hydrogen) atoms. The van der Waals surface area contributed by atoms with Crippen LogP contribution in [0.15, 0.2) is 95.6 Å². The third-order valence-electron chi connectivity index (χ3n) is 5.84. The summed E-state index contributed by atoms with van der Waals surface area (Å²) in [5, 5.41) is 6.68. The molecule has 4 nitrogen and oxygen atoms in total. The molecule has 1 N–H and O–H groups in total. The van der Waals surface area contributed by atoms with Crippen molar-refractivity contribution in [3.8, 4) is 16.9 Å². The first kappa shape index (κ1) is 21.8. The van der Waals surface area contributed by atoms with Gasteiger partial charge in [-0.2, -0.15) is 0 Å². The summed E-state index contributed by atoms with van der Waals surface area (Å²) in [6.07, 6.45) is 3.34. The predicted molar refractivity (Wildman–Crippen MR) is 139 cm³/mol. The van der Waals surface area contributed by atoms with Gasteiger partial charge in [-0.1, -0.05) is 60.1 Å². The number of fused-ring (bicyclic) bond motifs is 2. The molecule has 0 fully saturated rings. The average molecular weight is 468 g/mol. The van der Waals surface area contributed by atoms with Crippen LogP contribution >= 0.6 is 11.6 Å². The maximum Gasteiger partial charge on any atom is 0.248 e. The minimum Gasteiger partial charge on any atom is -0.496 e. The fourth-order valence-electron chi connectivity index (χ4n) is 4.22. The van der Waals surface area contributed by atoms with Crippen molar-refractivity contribution in [2.75, 3.05) is 12.4 Å². The molecule has 0 unspecified atom stereocenters. The summed E-state index contributed by atoms with van der Waals surface area (Å²) >= 11 is 6.02. The highest BCUT2D eigenvalue weighted by Crippen LogP contribution is 2.39. The van der Waals surface area contributed by atoms with Crippen LogP contribution in [0.4, 0.5) is 5.69 Å². The highest BCUT2D eigenvalue weighted by Gasteiger charge is 2.16. The third kappa shape index (κ3) is 4.16. The Hall–Kier alpha value is -4.02. The van der Waals surface area contributed by atoms with Gasteiger partial charge in [0.15, 0.2) is 0 Å². The molecule has 1 amide bonds. The van der Waals surface area contributed by atoms with Crippen LogP contribution in [0.5, 0.6) is 5.75 Å². The molecule has 5 aromatic rings. The molecule has 0 spiro atoms. The van der Waals surface area contributed by atoms with Crippen molar-refractivity contribution in [2.45, 2.75) is 6.92 Å². The molecule has 1 heterocycles. The quantitative estimate of drug-likeness (QED) is 0.267. The van der Waals surface area contributed by atoms with Crippen LogP contribution in [0.1, 0.15) is 12.5 Å². The van der Waals surface area contributed by atoms with Gasteiger partial charge in [0, 0.05) is 39.4 Å². The standard InChI is InChI=1S/C29H22ClNO3/c1-18(13-29(32)31-21-10-6-9-20(30)14-21)24-15-25-26(17-34-28(25)16-27(24)33-2)23-12-5-8-19-7-3-4-11-22(19)23/h3-17H,1-2H3,(H,31,32)/b18-13+. The molecule has 4 aromatic carbocycles. The minimum atomic E-state index is -0.247. The first-order chi connectivity index (χ1) is 16.5. The van der Waals surface area contributed by atoms with Gasteiger partial charge in [0.25, 0.3) is 0 Å². The first-order valence-corrected chi connectivity index (χ1v) is 11.2. The number of rotatable bonds is 5. The second kappa shape index (κ2) is 9.08. The lowest BCUT2D eigenvalue weighted by Crippen LogP contribution is -2.08. The normalized spacial score (nSPS) is 11.7. The summed E-state index contributed by atoms with van der Waals surface area (Å²) in [4.78, 5) is 12.7. The van der Waals surface area contributed by atoms with Crippen molar-refractivity contribution in [1.82, 2.24) is 0 Å². The molecule has 0 saturated heterocycles. The number of anilines is 1. The molecular formula is C29H22ClNO3. The van der Waals surface area contributed by atoms with Crippen LogP contribution in [-0.2, 0) is 4.79 Å². The van der Waals surface area contributed by atoms with E-state index in [1.807, 2.05) is 37.3 Å². The molecule has 0 aliphatic rings. The van der Waals surface area contributed by atoms with E-state index in [2.05, 4.69) is 29.6 Å². The fourth-order valence-corrected chi connectivity index (χ4v) is 4.41. The van der Waals surface area contributed by atoms with Crippen molar-refractivity contribution in [3.63, 3.8) is 0 Å². The zero-order valence-electron chi connectivity index (χ0n) is 18.8. The number of hydrogen-bond acceptors (Lipinski definition) is 3. The Kier molecular flexibility index (Phi) is 5.83. The van der Waals surface area contributed by atoms with Crippen molar-refractivity contribution >= 4 is 50.5 Å². The second-order valence-corrected chi connectivity index (χ2v) is 8.49. The molecule has 0 saturated carbocycles. The zero-order chi connectivity index (χ0) is 23.7. The molecule has 0 bridgehead atoms. The van der Waals surface area contributed by atoms with Gasteiger partial charge in [-0.15, -0.1) is 0 Å². The number of carbonyl (C=O) groups is 1. The van der Waals surface area contributed by atoms with Crippen LogP contribution in [-0.4, -0.2) is 13.0 Å². The van der Waals surface area contributed by atoms with Crippen molar-refractivity contribution < 1.29 is 13.9 Å². The largest absolute Gasteiger partial charge is 0.496 e. The van der Waals surface area contributed by atoms with Crippen LogP contribution in [0.2, 0.25) is 5.02 Å². The maximum absolute atomic E-state index is 12.7. The number of halogens is 1. The Morgan fingerprint density at radius 3 is 2.56 bits per heavy atom. The Labute approximate surface area is 202 Å². The molecule has 0 atom stereocenters. The van der Waals surface area contributed by atoms with Gasteiger partial charge in [0.05, 0.1) is 13.4 Å². The number of furan rings is 1. The maximum atomic E-state index is 12.7. The van der Waals surface area contributed by atoms with Gasteiger partial charge in [0.1, 0.15) is 11.3 Å². The van der Waals surface area contributed by atoms with E-state index in [0.29, 0.717) is 16.5 Å². The minimum absolute atomic E-state index is 0.247. The SMILES string of the molecule is COc1cc2occ(-c3cccc4ccccc34)c2cc1/C(C)=C/C(=O)Nc1cccc(Cl)c1. The Bertz CT molecular complexity index is 1560. The molecule has 0 aliphatic carbocycles. The van der Waals surface area contributed by atoms with E-state index in [1.165, 1.54) is 0 Å². The number of allylic oxidation sites excluding steroid dienone is 1. The number of nitrogens with one attached hydrogen (secondary N) is 1. The van der Waals surface area contributed by atoms with Crippen molar-refractivity contribution in [3.05, 3.63) is 102 Å². The molecule has 1 aromatic heterocycles. The van der Waals surface area contributed by atoms with Gasteiger partial charge < -0.3 is 14.5 Å². The van der Waals surface area contributed by atoms with E-state index >= 15 is 0 Å². The first-order valence-electron chi connectivity index (χ1n) is 10.9.